The van der Waals surface area contributed by atoms with Crippen molar-refractivity contribution in [3.63, 3.8) is 0 Å². The number of aryl methyl sites for hydroxylation is 1. The van der Waals surface area contributed by atoms with Crippen LogP contribution in [0.5, 0.6) is 0 Å². The zero-order valence-corrected chi connectivity index (χ0v) is 10.3. The molecule has 2 heterocycles. The summed E-state index contributed by atoms with van der Waals surface area (Å²) in [6, 6.07) is 4.02. The lowest BCUT2D eigenvalue weighted by Crippen LogP contribution is -2.49. The summed E-state index contributed by atoms with van der Waals surface area (Å²) < 4.78 is 0. The van der Waals surface area contributed by atoms with Crippen molar-refractivity contribution in [3.05, 3.63) is 29.6 Å². The van der Waals surface area contributed by atoms with Gasteiger partial charge in [0.2, 0.25) is 0 Å². The highest BCUT2D eigenvalue weighted by Crippen LogP contribution is 2.36. The van der Waals surface area contributed by atoms with Crippen molar-refractivity contribution in [2.75, 3.05) is 0 Å². The van der Waals surface area contributed by atoms with Gasteiger partial charge in [-0.25, -0.2) is 0 Å². The molecule has 0 saturated carbocycles. The van der Waals surface area contributed by atoms with Crippen LogP contribution in [0.25, 0.3) is 0 Å². The fraction of sp³-hybridized carbons (Fsp3) is 0.571. The second-order valence-electron chi connectivity index (χ2n) is 5.29. The summed E-state index contributed by atoms with van der Waals surface area (Å²) in [6.45, 7) is 0. The standard InChI is InChI=1S/C14H18N2O2/c17-14(18)12-5-1-4-11(16-12)10-7-6-9-3-2-8-15-13(9)10/h2-3,8,10-12,16H,1,4-7H2,(H,17,18). The number of nitrogens with zero attached hydrogens (tertiary/aromatic N) is 1. The first-order chi connectivity index (χ1) is 8.75. The molecule has 1 aliphatic carbocycles. The SMILES string of the molecule is O=C(O)C1CCCC(C2CCc3cccnc32)N1. The van der Waals surface area contributed by atoms with Crippen LogP contribution >= 0.6 is 0 Å². The summed E-state index contributed by atoms with van der Waals surface area (Å²) in [5.74, 6) is -0.331. The van der Waals surface area contributed by atoms with Crippen molar-refractivity contribution in [2.45, 2.75) is 50.1 Å². The number of piperidine rings is 1. The van der Waals surface area contributed by atoms with Crippen LogP contribution < -0.4 is 5.32 Å². The lowest BCUT2D eigenvalue weighted by Gasteiger charge is -2.32. The van der Waals surface area contributed by atoms with Crippen molar-refractivity contribution >= 4 is 5.97 Å². The van der Waals surface area contributed by atoms with Gasteiger partial charge in [0, 0.05) is 23.9 Å². The molecule has 0 amide bonds. The average Bonchev–Trinajstić information content (AvgIpc) is 2.82. The maximum absolute atomic E-state index is 11.1. The summed E-state index contributed by atoms with van der Waals surface area (Å²) in [5.41, 5.74) is 2.52. The summed E-state index contributed by atoms with van der Waals surface area (Å²) in [7, 11) is 0. The number of pyridine rings is 1. The summed E-state index contributed by atoms with van der Waals surface area (Å²) >= 11 is 0. The molecule has 1 aromatic rings. The molecule has 3 atom stereocenters. The van der Waals surface area contributed by atoms with Crippen LogP contribution in [0.3, 0.4) is 0 Å². The van der Waals surface area contributed by atoms with Gasteiger partial charge >= 0.3 is 5.97 Å². The highest BCUT2D eigenvalue weighted by atomic mass is 16.4. The van der Waals surface area contributed by atoms with Crippen LogP contribution in [0.2, 0.25) is 0 Å². The molecule has 1 aromatic heterocycles. The smallest absolute Gasteiger partial charge is 0.320 e. The number of hydrogen-bond donors (Lipinski definition) is 2. The topological polar surface area (TPSA) is 62.2 Å². The quantitative estimate of drug-likeness (QED) is 0.834. The van der Waals surface area contributed by atoms with Crippen LogP contribution in [0.15, 0.2) is 18.3 Å². The molecule has 3 unspecified atom stereocenters. The minimum Gasteiger partial charge on any atom is -0.480 e. The normalized spacial score (nSPS) is 31.0. The molecule has 2 N–H and O–H groups in total. The Bertz CT molecular complexity index is 461. The molecule has 96 valence electrons. The molecular weight excluding hydrogens is 228 g/mol. The molecule has 0 spiro atoms. The van der Waals surface area contributed by atoms with Gasteiger partial charge in [-0.1, -0.05) is 6.07 Å². The Morgan fingerprint density at radius 1 is 1.39 bits per heavy atom. The number of aliphatic carboxylic acids is 1. The number of aromatic nitrogens is 1. The zero-order chi connectivity index (χ0) is 12.5. The first-order valence-corrected chi connectivity index (χ1v) is 6.68. The molecular formula is C14H18N2O2. The van der Waals surface area contributed by atoms with E-state index < -0.39 is 5.97 Å². The molecule has 4 nitrogen and oxygen atoms in total. The lowest BCUT2D eigenvalue weighted by atomic mass is 9.87. The number of carbonyl (C=O) groups is 1. The molecule has 0 radical (unpaired) electrons. The van der Waals surface area contributed by atoms with Crippen LogP contribution in [0.1, 0.15) is 42.9 Å². The number of fused-ring (bicyclic) bond motifs is 1. The molecule has 18 heavy (non-hydrogen) atoms. The van der Waals surface area contributed by atoms with E-state index in [1.54, 1.807) is 0 Å². The van der Waals surface area contributed by atoms with E-state index in [4.69, 9.17) is 5.11 Å². The highest BCUT2D eigenvalue weighted by Gasteiger charge is 2.35. The largest absolute Gasteiger partial charge is 0.480 e. The molecule has 1 aliphatic heterocycles. The Morgan fingerprint density at radius 3 is 3.11 bits per heavy atom. The van der Waals surface area contributed by atoms with Gasteiger partial charge in [-0.05, 0) is 43.7 Å². The van der Waals surface area contributed by atoms with Crippen LogP contribution in [0.4, 0.5) is 0 Å². The third kappa shape index (κ3) is 2.01. The fourth-order valence-corrected chi connectivity index (χ4v) is 3.31. The maximum Gasteiger partial charge on any atom is 0.320 e. The van der Waals surface area contributed by atoms with E-state index in [2.05, 4.69) is 16.4 Å². The number of nitrogens with one attached hydrogen (secondary N) is 1. The van der Waals surface area contributed by atoms with Crippen LogP contribution in [-0.2, 0) is 11.2 Å². The van der Waals surface area contributed by atoms with Gasteiger partial charge in [-0.3, -0.25) is 9.78 Å². The van der Waals surface area contributed by atoms with Gasteiger partial charge in [-0.2, -0.15) is 0 Å². The van der Waals surface area contributed by atoms with Crippen molar-refractivity contribution < 1.29 is 9.90 Å². The van der Waals surface area contributed by atoms with Gasteiger partial charge in [0.25, 0.3) is 0 Å². The highest BCUT2D eigenvalue weighted by molar-refractivity contribution is 5.73. The Hall–Kier alpha value is -1.42. The van der Waals surface area contributed by atoms with E-state index in [1.807, 2.05) is 12.3 Å². The fourth-order valence-electron chi connectivity index (χ4n) is 3.31. The third-order valence-corrected chi connectivity index (χ3v) is 4.21. The summed E-state index contributed by atoms with van der Waals surface area (Å²) in [5, 5.41) is 12.4. The lowest BCUT2D eigenvalue weighted by molar-refractivity contribution is -0.140. The molecule has 0 aromatic carbocycles. The minimum atomic E-state index is -0.723. The van der Waals surface area contributed by atoms with E-state index in [1.165, 1.54) is 11.3 Å². The van der Waals surface area contributed by atoms with Crippen molar-refractivity contribution in [3.8, 4) is 0 Å². The van der Waals surface area contributed by atoms with Gasteiger partial charge < -0.3 is 10.4 Å². The Labute approximate surface area is 106 Å². The monoisotopic (exact) mass is 246 g/mol. The van der Waals surface area contributed by atoms with E-state index in [0.29, 0.717) is 5.92 Å². The van der Waals surface area contributed by atoms with Gasteiger partial charge in [-0.15, -0.1) is 0 Å². The van der Waals surface area contributed by atoms with Gasteiger partial charge in [0.15, 0.2) is 0 Å². The van der Waals surface area contributed by atoms with E-state index in [-0.39, 0.29) is 12.1 Å². The minimum absolute atomic E-state index is 0.274. The van der Waals surface area contributed by atoms with E-state index in [9.17, 15) is 4.79 Å². The first-order valence-electron chi connectivity index (χ1n) is 6.68. The molecule has 4 heteroatoms. The Balaban J connectivity index is 1.78. The maximum atomic E-state index is 11.1. The first kappa shape index (κ1) is 11.7. The summed E-state index contributed by atoms with van der Waals surface area (Å²) in [4.78, 5) is 15.6. The van der Waals surface area contributed by atoms with Crippen LogP contribution in [0, 0.1) is 0 Å². The second-order valence-corrected chi connectivity index (χ2v) is 5.29. The predicted molar refractivity (Wildman–Crippen MR) is 67.5 cm³/mol. The zero-order valence-electron chi connectivity index (χ0n) is 10.3. The van der Waals surface area contributed by atoms with Crippen molar-refractivity contribution in [1.29, 1.82) is 0 Å². The van der Waals surface area contributed by atoms with E-state index in [0.717, 1.165) is 32.1 Å². The van der Waals surface area contributed by atoms with E-state index >= 15 is 0 Å². The second kappa shape index (κ2) is 4.69. The third-order valence-electron chi connectivity index (χ3n) is 4.21. The number of hydrogen-bond acceptors (Lipinski definition) is 3. The molecule has 3 rings (SSSR count). The molecule has 1 saturated heterocycles. The van der Waals surface area contributed by atoms with Gasteiger partial charge in [0.05, 0.1) is 0 Å². The Kier molecular flexibility index (Phi) is 3.04. The summed E-state index contributed by atoms with van der Waals surface area (Å²) in [6.07, 6.45) is 6.81. The predicted octanol–water partition coefficient (Wildman–Crippen LogP) is 1.71. The number of carboxylic acid groups (broad SMARTS) is 1. The molecule has 2 aliphatic rings. The number of rotatable bonds is 2. The van der Waals surface area contributed by atoms with Crippen molar-refractivity contribution in [2.24, 2.45) is 0 Å². The van der Waals surface area contributed by atoms with Crippen LogP contribution in [-0.4, -0.2) is 28.1 Å². The average molecular weight is 246 g/mol. The molecule has 0 bridgehead atoms. The van der Waals surface area contributed by atoms with Gasteiger partial charge in [0.1, 0.15) is 6.04 Å². The molecule has 1 fully saturated rings. The van der Waals surface area contributed by atoms with Crippen molar-refractivity contribution in [1.82, 2.24) is 10.3 Å². The Morgan fingerprint density at radius 2 is 2.28 bits per heavy atom. The number of carboxylic acids is 1.